The first-order valence-corrected chi connectivity index (χ1v) is 9.21. The summed E-state index contributed by atoms with van der Waals surface area (Å²) >= 11 is 0. The number of hydrogen-bond donors (Lipinski definition) is 2. The van der Waals surface area contributed by atoms with Crippen LogP contribution in [0.2, 0.25) is 0 Å². The first kappa shape index (κ1) is 20.1. The molecule has 1 aromatic carbocycles. The highest BCUT2D eigenvalue weighted by Crippen LogP contribution is 2.38. The second-order valence-corrected chi connectivity index (χ2v) is 6.64. The highest BCUT2D eigenvalue weighted by atomic mass is 19.4. The molecule has 0 aliphatic rings. The van der Waals surface area contributed by atoms with Gasteiger partial charge in [-0.2, -0.15) is 23.5 Å². The summed E-state index contributed by atoms with van der Waals surface area (Å²) in [5.74, 6) is 0.400. The van der Waals surface area contributed by atoms with Crippen LogP contribution in [-0.4, -0.2) is 20.2 Å². The zero-order chi connectivity index (χ0) is 21.8. The van der Waals surface area contributed by atoms with Crippen LogP contribution < -0.4 is 5.32 Å². The molecule has 6 nitrogen and oxygen atoms in total. The lowest BCUT2D eigenvalue weighted by molar-refractivity contribution is -0.137. The van der Waals surface area contributed by atoms with Crippen LogP contribution in [0.1, 0.15) is 16.8 Å². The second-order valence-electron chi connectivity index (χ2n) is 6.64. The van der Waals surface area contributed by atoms with Crippen LogP contribution in [0.3, 0.4) is 0 Å². The van der Waals surface area contributed by atoms with E-state index in [1.807, 2.05) is 24.3 Å². The van der Waals surface area contributed by atoms with Gasteiger partial charge in [-0.25, -0.2) is 4.98 Å². The molecule has 0 aliphatic carbocycles. The van der Waals surface area contributed by atoms with Gasteiger partial charge < -0.3 is 5.32 Å². The average molecular weight is 420 g/mol. The Hall–Kier alpha value is -4.19. The zero-order valence-corrected chi connectivity index (χ0v) is 16.0. The number of pyridine rings is 2. The number of hydrogen-bond acceptors (Lipinski definition) is 5. The Labute approximate surface area is 175 Å². The molecule has 4 rings (SSSR count). The van der Waals surface area contributed by atoms with Gasteiger partial charge in [0.25, 0.3) is 0 Å². The zero-order valence-electron chi connectivity index (χ0n) is 16.0. The summed E-state index contributed by atoms with van der Waals surface area (Å²) < 4.78 is 40.5. The second kappa shape index (κ2) is 8.28. The first-order valence-electron chi connectivity index (χ1n) is 9.21. The lowest BCUT2D eigenvalue weighted by Gasteiger charge is -2.14. The minimum Gasteiger partial charge on any atom is -0.364 e. The van der Waals surface area contributed by atoms with Crippen molar-refractivity contribution in [2.24, 2.45) is 0 Å². The molecule has 3 aromatic heterocycles. The molecule has 31 heavy (non-hydrogen) atoms. The van der Waals surface area contributed by atoms with Crippen molar-refractivity contribution in [3.05, 3.63) is 83.8 Å². The van der Waals surface area contributed by atoms with Gasteiger partial charge >= 0.3 is 6.18 Å². The Balaban J connectivity index is 1.55. The Bertz CT molecular complexity index is 1240. The minimum atomic E-state index is -4.59. The summed E-state index contributed by atoms with van der Waals surface area (Å²) in [4.78, 5) is 8.43. The van der Waals surface area contributed by atoms with Crippen LogP contribution in [0, 0.1) is 11.3 Å². The van der Waals surface area contributed by atoms with E-state index in [4.69, 9.17) is 5.26 Å². The minimum absolute atomic E-state index is 0.0193. The van der Waals surface area contributed by atoms with Gasteiger partial charge in [0.2, 0.25) is 0 Å². The molecule has 4 aromatic rings. The topological polar surface area (TPSA) is 90.3 Å². The average Bonchev–Trinajstić information content (AvgIpc) is 3.27. The van der Waals surface area contributed by atoms with E-state index in [9.17, 15) is 13.2 Å². The van der Waals surface area contributed by atoms with Gasteiger partial charge in [0.15, 0.2) is 0 Å². The van der Waals surface area contributed by atoms with Crippen molar-refractivity contribution in [2.45, 2.75) is 12.7 Å². The van der Waals surface area contributed by atoms with Crippen molar-refractivity contribution in [1.82, 2.24) is 20.2 Å². The van der Waals surface area contributed by atoms with E-state index in [1.165, 1.54) is 30.5 Å². The number of aromatic amines is 1. The molecule has 0 unspecified atom stereocenters. The van der Waals surface area contributed by atoms with Gasteiger partial charge in [0.1, 0.15) is 5.82 Å². The smallest absolute Gasteiger partial charge is 0.364 e. The fraction of sp³-hybridized carbons (Fsp3) is 0.0909. The van der Waals surface area contributed by atoms with E-state index in [-0.39, 0.29) is 11.1 Å². The third kappa shape index (κ3) is 4.53. The van der Waals surface area contributed by atoms with Crippen LogP contribution in [0.4, 0.5) is 19.0 Å². The largest absolute Gasteiger partial charge is 0.417 e. The summed E-state index contributed by atoms with van der Waals surface area (Å²) in [6.07, 6.45) is -1.47. The van der Waals surface area contributed by atoms with E-state index in [0.29, 0.717) is 23.6 Å². The summed E-state index contributed by atoms with van der Waals surface area (Å²) in [5.41, 5.74) is 1.61. The van der Waals surface area contributed by atoms with Gasteiger partial charge in [-0.1, -0.05) is 12.1 Å². The Kier molecular flexibility index (Phi) is 5.37. The number of nitrogens with one attached hydrogen (secondary N) is 2. The van der Waals surface area contributed by atoms with Crippen LogP contribution >= 0.6 is 0 Å². The number of rotatable bonds is 5. The molecule has 0 aliphatic heterocycles. The van der Waals surface area contributed by atoms with Crippen molar-refractivity contribution < 1.29 is 13.2 Å². The van der Waals surface area contributed by atoms with Crippen LogP contribution in [-0.2, 0) is 12.7 Å². The maximum absolute atomic E-state index is 13.5. The van der Waals surface area contributed by atoms with Gasteiger partial charge in [0, 0.05) is 12.4 Å². The Morgan fingerprint density at radius 3 is 2.61 bits per heavy atom. The predicted molar refractivity (Wildman–Crippen MR) is 109 cm³/mol. The highest BCUT2D eigenvalue weighted by molar-refractivity contribution is 5.71. The van der Waals surface area contributed by atoms with E-state index in [2.05, 4.69) is 25.5 Å². The van der Waals surface area contributed by atoms with Crippen molar-refractivity contribution in [1.29, 1.82) is 5.26 Å². The fourth-order valence-corrected chi connectivity index (χ4v) is 3.08. The van der Waals surface area contributed by atoms with Crippen LogP contribution in [0.25, 0.3) is 22.5 Å². The molecule has 0 saturated heterocycles. The summed E-state index contributed by atoms with van der Waals surface area (Å²) in [5, 5.41) is 19.1. The van der Waals surface area contributed by atoms with E-state index < -0.39 is 11.7 Å². The molecule has 0 atom stereocenters. The first-order chi connectivity index (χ1) is 14.9. The normalized spacial score (nSPS) is 11.2. The third-order valence-corrected chi connectivity index (χ3v) is 4.55. The molecule has 0 fully saturated rings. The number of anilines is 1. The molecular weight excluding hydrogens is 405 g/mol. The molecule has 0 spiro atoms. The maximum Gasteiger partial charge on any atom is 0.417 e. The number of H-pyrrole nitrogens is 1. The van der Waals surface area contributed by atoms with E-state index in [0.717, 1.165) is 17.5 Å². The van der Waals surface area contributed by atoms with Crippen molar-refractivity contribution >= 4 is 5.82 Å². The van der Waals surface area contributed by atoms with E-state index in [1.54, 1.807) is 12.3 Å². The number of aromatic nitrogens is 4. The standard InChI is InChI=1S/C22H15F3N6/c23-22(24,25)18-9-14(12-26)4-5-17(18)15-6-8-28-21(10-15)29-13-16-11-20(31-30-16)19-3-1-2-7-27-19/h1-11H,13H2,(H,28,29)(H,30,31). The fourth-order valence-electron chi connectivity index (χ4n) is 3.08. The van der Waals surface area contributed by atoms with Crippen molar-refractivity contribution in [3.8, 4) is 28.6 Å². The van der Waals surface area contributed by atoms with Crippen molar-refractivity contribution in [2.75, 3.05) is 5.32 Å². The number of halogens is 3. The summed E-state index contributed by atoms with van der Waals surface area (Å²) in [7, 11) is 0. The molecular formula is C22H15F3N6. The van der Waals surface area contributed by atoms with Gasteiger partial charge in [-0.05, 0) is 53.6 Å². The number of alkyl halides is 3. The van der Waals surface area contributed by atoms with Gasteiger partial charge in [-0.3, -0.25) is 10.1 Å². The maximum atomic E-state index is 13.5. The summed E-state index contributed by atoms with van der Waals surface area (Å²) in [6.45, 7) is 0.319. The number of nitriles is 1. The molecule has 0 radical (unpaired) electrons. The SMILES string of the molecule is N#Cc1ccc(-c2ccnc(NCc3cc(-c4ccccn4)[nH]n3)c2)c(C(F)(F)F)c1. The van der Waals surface area contributed by atoms with Crippen LogP contribution in [0.15, 0.2) is 67.0 Å². The molecule has 3 heterocycles. The predicted octanol–water partition coefficient (Wildman–Crippen LogP) is 5.04. The number of benzene rings is 1. The Morgan fingerprint density at radius 2 is 1.87 bits per heavy atom. The van der Waals surface area contributed by atoms with E-state index >= 15 is 0 Å². The molecule has 154 valence electrons. The Morgan fingerprint density at radius 1 is 1.00 bits per heavy atom. The molecule has 9 heteroatoms. The lowest BCUT2D eigenvalue weighted by atomic mass is 9.98. The molecule has 2 N–H and O–H groups in total. The number of nitrogens with zero attached hydrogens (tertiary/aromatic N) is 4. The van der Waals surface area contributed by atoms with Crippen LogP contribution in [0.5, 0.6) is 0 Å². The van der Waals surface area contributed by atoms with Gasteiger partial charge in [0.05, 0.1) is 40.8 Å². The highest BCUT2D eigenvalue weighted by Gasteiger charge is 2.34. The molecule has 0 bridgehead atoms. The summed E-state index contributed by atoms with van der Waals surface area (Å²) in [6, 6.07) is 15.7. The lowest BCUT2D eigenvalue weighted by Crippen LogP contribution is -2.08. The third-order valence-electron chi connectivity index (χ3n) is 4.55. The van der Waals surface area contributed by atoms with Crippen molar-refractivity contribution in [3.63, 3.8) is 0 Å². The van der Waals surface area contributed by atoms with Gasteiger partial charge in [-0.15, -0.1) is 0 Å². The monoisotopic (exact) mass is 420 g/mol. The molecule has 0 amide bonds. The quantitative estimate of drug-likeness (QED) is 0.472. The molecule has 0 saturated carbocycles.